The Kier molecular flexibility index (Phi) is 4.24. The molecule has 6 heteroatoms. The zero-order valence-corrected chi connectivity index (χ0v) is 10.8. The Morgan fingerprint density at radius 1 is 1.53 bits per heavy atom. The fourth-order valence-electron chi connectivity index (χ4n) is 0.955. The van der Waals surface area contributed by atoms with Crippen molar-refractivity contribution in [3.05, 3.63) is 16.1 Å². The second-order valence-corrected chi connectivity index (χ2v) is 6.54. The maximum absolute atomic E-state index is 11.2. The number of rotatable bonds is 5. The second-order valence-electron chi connectivity index (χ2n) is 3.56. The van der Waals surface area contributed by atoms with E-state index in [1.165, 1.54) is 0 Å². The lowest BCUT2D eigenvalue weighted by atomic mass is 10.2. The zero-order chi connectivity index (χ0) is 11.5. The van der Waals surface area contributed by atoms with Crippen molar-refractivity contribution in [1.29, 1.82) is 0 Å². The fourth-order valence-corrected chi connectivity index (χ4v) is 2.36. The van der Waals surface area contributed by atoms with Gasteiger partial charge in [0.25, 0.3) is 0 Å². The van der Waals surface area contributed by atoms with Crippen molar-refractivity contribution in [1.82, 2.24) is 9.71 Å². The summed E-state index contributed by atoms with van der Waals surface area (Å²) in [6.07, 6.45) is 0. The van der Waals surface area contributed by atoms with Gasteiger partial charge in [-0.15, -0.1) is 11.3 Å². The van der Waals surface area contributed by atoms with Gasteiger partial charge in [-0.05, 0) is 6.92 Å². The molecule has 1 aromatic heterocycles. The van der Waals surface area contributed by atoms with Crippen molar-refractivity contribution in [2.75, 3.05) is 5.75 Å². The number of thiazole rings is 1. The Balaban J connectivity index is 2.59. The summed E-state index contributed by atoms with van der Waals surface area (Å²) in [5, 5.41) is 2.94. The predicted octanol–water partition coefficient (Wildman–Crippen LogP) is 1.71. The lowest BCUT2D eigenvalue weighted by molar-refractivity contribution is 0.582. The Hall–Kier alpha value is -0.460. The van der Waals surface area contributed by atoms with Gasteiger partial charge in [-0.2, -0.15) is 0 Å². The SMILES string of the molecule is CCS(=O)(=O)NCc1csc(C(C)C)n1. The molecule has 15 heavy (non-hydrogen) atoms. The summed E-state index contributed by atoms with van der Waals surface area (Å²) < 4.78 is 24.8. The lowest BCUT2D eigenvalue weighted by Crippen LogP contribution is -2.24. The molecule has 0 saturated carbocycles. The van der Waals surface area contributed by atoms with Crippen molar-refractivity contribution >= 4 is 21.4 Å². The molecule has 0 saturated heterocycles. The molecule has 0 aliphatic carbocycles. The summed E-state index contributed by atoms with van der Waals surface area (Å²) in [5.41, 5.74) is 0.792. The summed E-state index contributed by atoms with van der Waals surface area (Å²) in [7, 11) is -3.11. The van der Waals surface area contributed by atoms with E-state index < -0.39 is 10.0 Å². The standard InChI is InChI=1S/C9H16N2O2S2/c1-4-15(12,13)10-5-8-6-14-9(11-8)7(2)3/h6-7,10H,4-5H2,1-3H3. The van der Waals surface area contributed by atoms with E-state index >= 15 is 0 Å². The number of hydrogen-bond donors (Lipinski definition) is 1. The third-order valence-electron chi connectivity index (χ3n) is 1.92. The van der Waals surface area contributed by atoms with E-state index in [0.717, 1.165) is 10.7 Å². The van der Waals surface area contributed by atoms with Gasteiger partial charge in [0.05, 0.1) is 23.0 Å². The highest BCUT2D eigenvalue weighted by atomic mass is 32.2. The number of nitrogens with zero attached hydrogens (tertiary/aromatic N) is 1. The van der Waals surface area contributed by atoms with Gasteiger partial charge in [0, 0.05) is 11.3 Å². The molecule has 4 nitrogen and oxygen atoms in total. The number of sulfonamides is 1. The quantitative estimate of drug-likeness (QED) is 0.863. The van der Waals surface area contributed by atoms with Crippen molar-refractivity contribution < 1.29 is 8.42 Å². The molecule has 1 rings (SSSR count). The summed E-state index contributed by atoms with van der Waals surface area (Å²) in [6.45, 7) is 6.04. The van der Waals surface area contributed by atoms with Crippen LogP contribution in [0.3, 0.4) is 0 Å². The molecule has 0 amide bonds. The van der Waals surface area contributed by atoms with Crippen LogP contribution in [-0.2, 0) is 16.6 Å². The average molecular weight is 248 g/mol. The maximum Gasteiger partial charge on any atom is 0.211 e. The van der Waals surface area contributed by atoms with Gasteiger partial charge < -0.3 is 0 Å². The molecule has 0 aromatic carbocycles. The first-order chi connectivity index (χ1) is 6.94. The maximum atomic E-state index is 11.2. The van der Waals surface area contributed by atoms with E-state index in [-0.39, 0.29) is 5.75 Å². The highest BCUT2D eigenvalue weighted by molar-refractivity contribution is 7.89. The van der Waals surface area contributed by atoms with Gasteiger partial charge in [-0.1, -0.05) is 13.8 Å². The van der Waals surface area contributed by atoms with Crippen LogP contribution in [0.4, 0.5) is 0 Å². The van der Waals surface area contributed by atoms with Gasteiger partial charge in [-0.25, -0.2) is 18.1 Å². The molecule has 1 heterocycles. The van der Waals surface area contributed by atoms with E-state index in [9.17, 15) is 8.42 Å². The van der Waals surface area contributed by atoms with Crippen molar-refractivity contribution in [2.24, 2.45) is 0 Å². The predicted molar refractivity (Wildman–Crippen MR) is 62.5 cm³/mol. The fraction of sp³-hybridized carbons (Fsp3) is 0.667. The number of aromatic nitrogens is 1. The van der Waals surface area contributed by atoms with Crippen LogP contribution in [0.2, 0.25) is 0 Å². The zero-order valence-electron chi connectivity index (χ0n) is 9.15. The van der Waals surface area contributed by atoms with Crippen LogP contribution >= 0.6 is 11.3 Å². The van der Waals surface area contributed by atoms with Gasteiger partial charge in [0.2, 0.25) is 10.0 Å². The first-order valence-electron chi connectivity index (χ1n) is 4.86. The first-order valence-corrected chi connectivity index (χ1v) is 7.39. The normalized spacial score (nSPS) is 12.3. The molecule has 0 spiro atoms. The molecule has 0 aliphatic rings. The molecule has 0 unspecified atom stereocenters. The molecule has 0 bridgehead atoms. The number of nitrogens with one attached hydrogen (secondary N) is 1. The Bertz CT molecular complexity index is 410. The Labute approximate surface area is 94.8 Å². The minimum atomic E-state index is -3.11. The van der Waals surface area contributed by atoms with E-state index in [0.29, 0.717) is 12.5 Å². The molecule has 1 aromatic rings. The smallest absolute Gasteiger partial charge is 0.211 e. The van der Waals surface area contributed by atoms with Crippen LogP contribution in [-0.4, -0.2) is 19.2 Å². The van der Waals surface area contributed by atoms with Crippen LogP contribution in [0.1, 0.15) is 37.4 Å². The third kappa shape index (κ3) is 3.89. The summed E-state index contributed by atoms with van der Waals surface area (Å²) in [6, 6.07) is 0. The number of hydrogen-bond acceptors (Lipinski definition) is 4. The van der Waals surface area contributed by atoms with Crippen molar-refractivity contribution in [3.63, 3.8) is 0 Å². The van der Waals surface area contributed by atoms with E-state index in [2.05, 4.69) is 23.6 Å². The van der Waals surface area contributed by atoms with Gasteiger partial charge in [-0.3, -0.25) is 0 Å². The molecule has 0 radical (unpaired) electrons. The minimum Gasteiger partial charge on any atom is -0.245 e. The van der Waals surface area contributed by atoms with Gasteiger partial charge in [0.15, 0.2) is 0 Å². The van der Waals surface area contributed by atoms with Crippen LogP contribution in [0.5, 0.6) is 0 Å². The molecule has 0 fully saturated rings. The highest BCUT2D eigenvalue weighted by Gasteiger charge is 2.09. The highest BCUT2D eigenvalue weighted by Crippen LogP contribution is 2.18. The van der Waals surface area contributed by atoms with E-state index in [1.807, 2.05) is 5.38 Å². The molecule has 0 aliphatic heterocycles. The average Bonchev–Trinajstić information content (AvgIpc) is 2.63. The van der Waals surface area contributed by atoms with Gasteiger partial charge in [0.1, 0.15) is 0 Å². The van der Waals surface area contributed by atoms with E-state index in [4.69, 9.17) is 0 Å². The topological polar surface area (TPSA) is 59.1 Å². The monoisotopic (exact) mass is 248 g/mol. The van der Waals surface area contributed by atoms with Crippen LogP contribution < -0.4 is 4.72 Å². The van der Waals surface area contributed by atoms with Crippen LogP contribution in [0, 0.1) is 0 Å². The molecule has 0 atom stereocenters. The van der Waals surface area contributed by atoms with Gasteiger partial charge >= 0.3 is 0 Å². The first kappa shape index (κ1) is 12.6. The largest absolute Gasteiger partial charge is 0.245 e. The Morgan fingerprint density at radius 3 is 2.67 bits per heavy atom. The van der Waals surface area contributed by atoms with Crippen LogP contribution in [0.25, 0.3) is 0 Å². The van der Waals surface area contributed by atoms with Crippen molar-refractivity contribution in [2.45, 2.75) is 33.2 Å². The summed E-state index contributed by atoms with van der Waals surface area (Å²) in [4.78, 5) is 4.34. The second kappa shape index (κ2) is 5.05. The van der Waals surface area contributed by atoms with Crippen molar-refractivity contribution in [3.8, 4) is 0 Å². The Morgan fingerprint density at radius 2 is 2.20 bits per heavy atom. The lowest BCUT2D eigenvalue weighted by Gasteiger charge is -2.01. The minimum absolute atomic E-state index is 0.105. The summed E-state index contributed by atoms with van der Waals surface area (Å²) in [5.74, 6) is 0.500. The third-order valence-corrected chi connectivity index (χ3v) is 4.46. The molecule has 86 valence electrons. The summed E-state index contributed by atoms with van der Waals surface area (Å²) >= 11 is 1.57. The molecular formula is C9H16N2O2S2. The molecule has 1 N–H and O–H groups in total. The van der Waals surface area contributed by atoms with E-state index in [1.54, 1.807) is 18.3 Å². The van der Waals surface area contributed by atoms with Crippen LogP contribution in [0.15, 0.2) is 5.38 Å². The molecular weight excluding hydrogens is 232 g/mol.